The number of hydrogen-bond donors (Lipinski definition) is 0. The van der Waals surface area contributed by atoms with Crippen LogP contribution in [0.4, 0.5) is 0 Å². The molecule has 2 bridgehead atoms. The van der Waals surface area contributed by atoms with Gasteiger partial charge in [-0.05, 0) is 42.9 Å². The van der Waals surface area contributed by atoms with Gasteiger partial charge in [0.15, 0.2) is 5.79 Å². The lowest BCUT2D eigenvalue weighted by Gasteiger charge is -2.38. The summed E-state index contributed by atoms with van der Waals surface area (Å²) in [4.78, 5) is 0. The molecule has 0 amide bonds. The summed E-state index contributed by atoms with van der Waals surface area (Å²) in [5, 5.41) is 0. The summed E-state index contributed by atoms with van der Waals surface area (Å²) in [6.07, 6.45) is 4.42. The lowest BCUT2D eigenvalue weighted by molar-refractivity contribution is -0.202. The van der Waals surface area contributed by atoms with Crippen LogP contribution in [0.3, 0.4) is 0 Å². The van der Waals surface area contributed by atoms with Crippen molar-refractivity contribution in [3.63, 3.8) is 0 Å². The molecule has 0 aromatic carbocycles. The first-order chi connectivity index (χ1) is 6.92. The van der Waals surface area contributed by atoms with E-state index in [9.17, 15) is 0 Å². The molecule has 4 saturated carbocycles. The van der Waals surface area contributed by atoms with Crippen molar-refractivity contribution in [1.29, 1.82) is 0 Å². The Balaban J connectivity index is 1.68. The second-order valence-corrected chi connectivity index (χ2v) is 5.94. The van der Waals surface area contributed by atoms with Crippen LogP contribution in [-0.2, 0) is 9.47 Å². The van der Waals surface area contributed by atoms with Gasteiger partial charge in [-0.1, -0.05) is 0 Å². The van der Waals surface area contributed by atoms with Crippen molar-refractivity contribution in [2.45, 2.75) is 25.0 Å². The van der Waals surface area contributed by atoms with Gasteiger partial charge in [0.1, 0.15) is 0 Å². The molecule has 14 heavy (non-hydrogen) atoms. The average Bonchev–Trinajstić information content (AvgIpc) is 2.64. The van der Waals surface area contributed by atoms with Crippen molar-refractivity contribution in [3.8, 4) is 0 Å². The minimum Gasteiger partial charge on any atom is -0.347 e. The minimum atomic E-state index is -0.0561. The molecule has 6 atom stereocenters. The van der Waals surface area contributed by atoms with Gasteiger partial charge in [0, 0.05) is 11.8 Å². The fraction of sp³-hybridized carbons (Fsp3) is 1.00. The first-order valence-electron chi connectivity index (χ1n) is 6.20. The lowest BCUT2D eigenvalue weighted by Crippen LogP contribution is -2.39. The highest BCUT2D eigenvalue weighted by Crippen LogP contribution is 2.79. The van der Waals surface area contributed by atoms with Crippen LogP contribution in [0.15, 0.2) is 0 Å². The molecule has 1 spiro atoms. The van der Waals surface area contributed by atoms with E-state index in [2.05, 4.69) is 0 Å². The molecule has 1 saturated heterocycles. The van der Waals surface area contributed by atoms with Crippen LogP contribution in [0.1, 0.15) is 19.3 Å². The van der Waals surface area contributed by atoms with Crippen LogP contribution in [0.5, 0.6) is 0 Å². The van der Waals surface area contributed by atoms with Gasteiger partial charge in [-0.25, -0.2) is 0 Å². The molecule has 0 aromatic heterocycles. The Kier molecular flexibility index (Phi) is 0.992. The van der Waals surface area contributed by atoms with Gasteiger partial charge in [0.2, 0.25) is 0 Å². The Labute approximate surface area is 84.0 Å². The van der Waals surface area contributed by atoms with Crippen LogP contribution >= 0.6 is 0 Å². The van der Waals surface area contributed by atoms with Crippen molar-refractivity contribution >= 4 is 0 Å². The van der Waals surface area contributed by atoms with E-state index in [1.54, 1.807) is 0 Å². The molecule has 5 fully saturated rings. The maximum Gasteiger partial charge on any atom is 0.175 e. The monoisotopic (exact) mass is 192 g/mol. The highest BCUT2D eigenvalue weighted by Gasteiger charge is 2.80. The Morgan fingerprint density at radius 2 is 1.36 bits per heavy atom. The van der Waals surface area contributed by atoms with E-state index in [0.29, 0.717) is 0 Å². The van der Waals surface area contributed by atoms with Gasteiger partial charge in [-0.2, -0.15) is 0 Å². The van der Waals surface area contributed by atoms with E-state index in [-0.39, 0.29) is 5.79 Å². The van der Waals surface area contributed by atoms with Crippen molar-refractivity contribution in [2.24, 2.45) is 35.5 Å². The summed E-state index contributed by atoms with van der Waals surface area (Å²) in [7, 11) is 0. The quantitative estimate of drug-likeness (QED) is 0.581. The predicted octanol–water partition coefficient (Wildman–Crippen LogP) is 1.65. The SMILES string of the molecule is C1COC2(O1)[C@H]1[C@@H]3CC[C@@H]3[C@@H]2[C@H]2C[C@H]21. The summed E-state index contributed by atoms with van der Waals surface area (Å²) in [6, 6.07) is 0. The first kappa shape index (κ1) is 7.24. The molecule has 1 aliphatic heterocycles. The first-order valence-corrected chi connectivity index (χ1v) is 6.20. The third-order valence-electron chi connectivity index (χ3n) is 5.79. The van der Waals surface area contributed by atoms with Gasteiger partial charge >= 0.3 is 0 Å². The molecule has 4 aliphatic carbocycles. The van der Waals surface area contributed by atoms with Crippen LogP contribution in [0, 0.1) is 35.5 Å². The molecule has 0 radical (unpaired) electrons. The second kappa shape index (κ2) is 1.92. The summed E-state index contributed by atoms with van der Waals surface area (Å²) in [6.45, 7) is 1.71. The van der Waals surface area contributed by atoms with Crippen LogP contribution in [0.25, 0.3) is 0 Å². The fourth-order valence-corrected chi connectivity index (χ4v) is 5.38. The molecule has 2 nitrogen and oxygen atoms in total. The summed E-state index contributed by atoms with van der Waals surface area (Å²) >= 11 is 0. The Morgan fingerprint density at radius 3 is 1.86 bits per heavy atom. The topological polar surface area (TPSA) is 18.5 Å². The second-order valence-electron chi connectivity index (χ2n) is 5.94. The fourth-order valence-electron chi connectivity index (χ4n) is 5.38. The maximum atomic E-state index is 6.05. The standard InChI is InChI=1S/C12H16O2/c1-2-7-6(1)10-8-5-9(8)11(7)12(10)13-3-4-14-12/h6-11H,1-5H2/t6-,7+,8-,9+,10+,11-. The predicted molar refractivity (Wildman–Crippen MR) is 49.4 cm³/mol. The van der Waals surface area contributed by atoms with Crippen LogP contribution in [-0.4, -0.2) is 19.0 Å². The Bertz CT molecular complexity index is 283. The van der Waals surface area contributed by atoms with Crippen LogP contribution in [0.2, 0.25) is 0 Å². The van der Waals surface area contributed by atoms with Crippen molar-refractivity contribution < 1.29 is 9.47 Å². The zero-order valence-corrected chi connectivity index (χ0v) is 8.32. The molecule has 2 heteroatoms. The molecular weight excluding hydrogens is 176 g/mol. The largest absolute Gasteiger partial charge is 0.347 e. The van der Waals surface area contributed by atoms with E-state index < -0.39 is 0 Å². The van der Waals surface area contributed by atoms with Gasteiger partial charge in [-0.3, -0.25) is 0 Å². The number of ether oxygens (including phenoxy) is 2. The number of rotatable bonds is 0. The van der Waals surface area contributed by atoms with Gasteiger partial charge in [-0.15, -0.1) is 0 Å². The number of fused-ring (bicyclic) bond motifs is 6. The van der Waals surface area contributed by atoms with E-state index in [0.717, 1.165) is 48.7 Å². The van der Waals surface area contributed by atoms with Crippen molar-refractivity contribution in [3.05, 3.63) is 0 Å². The van der Waals surface area contributed by atoms with Crippen molar-refractivity contribution in [2.75, 3.05) is 13.2 Å². The molecule has 0 unspecified atom stereocenters. The molecule has 5 rings (SSSR count). The summed E-state index contributed by atoms with van der Waals surface area (Å²) in [5.41, 5.74) is 0. The zero-order chi connectivity index (χ0) is 8.91. The molecule has 76 valence electrons. The van der Waals surface area contributed by atoms with E-state index in [1.807, 2.05) is 0 Å². The normalized spacial score (nSPS) is 65.1. The molecule has 0 aromatic rings. The Morgan fingerprint density at radius 1 is 0.786 bits per heavy atom. The zero-order valence-electron chi connectivity index (χ0n) is 8.32. The minimum absolute atomic E-state index is 0.0561. The highest BCUT2D eigenvalue weighted by molar-refractivity contribution is 5.24. The number of hydrogen-bond acceptors (Lipinski definition) is 2. The van der Waals surface area contributed by atoms with E-state index in [1.165, 1.54) is 19.3 Å². The summed E-state index contributed by atoms with van der Waals surface area (Å²) in [5.74, 6) is 5.53. The smallest absolute Gasteiger partial charge is 0.175 e. The van der Waals surface area contributed by atoms with E-state index in [4.69, 9.17) is 9.47 Å². The molecule has 0 N–H and O–H groups in total. The van der Waals surface area contributed by atoms with Gasteiger partial charge < -0.3 is 9.47 Å². The van der Waals surface area contributed by atoms with Crippen LogP contribution < -0.4 is 0 Å². The van der Waals surface area contributed by atoms with Crippen molar-refractivity contribution in [1.82, 2.24) is 0 Å². The highest BCUT2D eigenvalue weighted by atomic mass is 16.7. The third kappa shape index (κ3) is 0.527. The molecular formula is C12H16O2. The van der Waals surface area contributed by atoms with Gasteiger partial charge in [0.05, 0.1) is 13.2 Å². The molecule has 5 aliphatic rings. The maximum absolute atomic E-state index is 6.05. The van der Waals surface area contributed by atoms with Gasteiger partial charge in [0.25, 0.3) is 0 Å². The third-order valence-corrected chi connectivity index (χ3v) is 5.79. The Hall–Kier alpha value is -0.0800. The lowest BCUT2D eigenvalue weighted by atomic mass is 9.66. The average molecular weight is 192 g/mol. The van der Waals surface area contributed by atoms with E-state index >= 15 is 0 Å². The molecule has 1 heterocycles. The summed E-state index contributed by atoms with van der Waals surface area (Å²) < 4.78 is 12.1.